The number of carbonyl (C=O) groups excluding carboxylic acids is 3. The van der Waals surface area contributed by atoms with Crippen LogP contribution in [-0.4, -0.2) is 76.8 Å². The van der Waals surface area contributed by atoms with Crippen molar-refractivity contribution in [2.45, 2.75) is 83.6 Å². The summed E-state index contributed by atoms with van der Waals surface area (Å²) in [6, 6.07) is 16.9. The van der Waals surface area contributed by atoms with Crippen molar-refractivity contribution in [1.29, 1.82) is 0 Å². The molecule has 11 nitrogen and oxygen atoms in total. The van der Waals surface area contributed by atoms with E-state index in [9.17, 15) is 19.5 Å². The van der Waals surface area contributed by atoms with E-state index < -0.39 is 30.3 Å². The lowest BCUT2D eigenvalue weighted by Gasteiger charge is -2.30. The maximum atomic E-state index is 13.9. The molecule has 0 saturated heterocycles. The van der Waals surface area contributed by atoms with E-state index in [1.165, 1.54) is 4.90 Å². The monoisotopic (exact) mass is 722 g/mol. The van der Waals surface area contributed by atoms with Crippen molar-refractivity contribution in [2.75, 3.05) is 19.5 Å². The maximum Gasteiger partial charge on any atom is 0.407 e. The average Bonchev–Trinajstić information content (AvgIpc) is 3.79. The number of amides is 4. The number of ether oxygens (including phenoxy) is 1. The van der Waals surface area contributed by atoms with Crippen molar-refractivity contribution < 1.29 is 24.2 Å². The molecule has 5 N–H and O–H groups in total. The summed E-state index contributed by atoms with van der Waals surface area (Å²) in [6.45, 7) is 8.36. The minimum atomic E-state index is -1.04. The second-order valence-electron chi connectivity index (χ2n) is 13.2. The fraction of sp³-hybridized carbons (Fsp3) is 0.459. The number of hydrogen-bond donors (Lipinski definition) is 5. The van der Waals surface area contributed by atoms with Gasteiger partial charge in [-0.3, -0.25) is 4.79 Å². The number of aliphatic hydroxyl groups excluding tert-OH is 1. The second-order valence-corrected chi connectivity index (χ2v) is 15.2. The highest BCUT2D eigenvalue weighted by Gasteiger charge is 2.31. The molecule has 0 fully saturated rings. The van der Waals surface area contributed by atoms with Gasteiger partial charge in [0.2, 0.25) is 5.91 Å². The summed E-state index contributed by atoms with van der Waals surface area (Å²) in [4.78, 5) is 47.1. The number of urea groups is 1. The predicted molar refractivity (Wildman–Crippen MR) is 200 cm³/mol. The first-order valence-corrected chi connectivity index (χ1v) is 18.9. The topological polar surface area (TPSA) is 145 Å². The van der Waals surface area contributed by atoms with Gasteiger partial charge in [0, 0.05) is 35.5 Å². The molecule has 4 rings (SSSR count). The van der Waals surface area contributed by atoms with Crippen LogP contribution in [0.25, 0.3) is 0 Å². The van der Waals surface area contributed by atoms with Crippen LogP contribution >= 0.6 is 23.1 Å². The highest BCUT2D eigenvalue weighted by molar-refractivity contribution is 8.03. The zero-order valence-electron chi connectivity index (χ0n) is 29.4. The van der Waals surface area contributed by atoms with Crippen molar-refractivity contribution >= 4 is 41.1 Å². The number of nitrogens with one attached hydrogen (secondary N) is 4. The van der Waals surface area contributed by atoms with Crippen LogP contribution in [0.5, 0.6) is 0 Å². The van der Waals surface area contributed by atoms with Crippen LogP contribution in [0.2, 0.25) is 0 Å². The summed E-state index contributed by atoms with van der Waals surface area (Å²) in [6.07, 6.45) is 1.09. The van der Waals surface area contributed by atoms with E-state index in [1.807, 2.05) is 86.1 Å². The van der Waals surface area contributed by atoms with Crippen molar-refractivity contribution in [3.8, 4) is 0 Å². The largest absolute Gasteiger partial charge is 0.444 e. The van der Waals surface area contributed by atoms with Crippen LogP contribution < -0.4 is 21.3 Å². The Hall–Kier alpha value is -4.07. The summed E-state index contributed by atoms with van der Waals surface area (Å²) in [5, 5.41) is 26.6. The van der Waals surface area contributed by atoms with Crippen LogP contribution in [0.3, 0.4) is 0 Å². The molecule has 0 aliphatic carbocycles. The Bertz CT molecular complexity index is 1550. The van der Waals surface area contributed by atoms with Gasteiger partial charge in [-0.15, -0.1) is 23.1 Å². The van der Waals surface area contributed by atoms with Crippen molar-refractivity contribution in [1.82, 2.24) is 31.2 Å². The molecule has 0 bridgehead atoms. The summed E-state index contributed by atoms with van der Waals surface area (Å²) in [5.41, 5.74) is 2.71. The fourth-order valence-corrected chi connectivity index (χ4v) is 6.98. The lowest BCUT2D eigenvalue weighted by molar-refractivity contribution is -0.124. The molecular formula is C37H50N6O5S2. The van der Waals surface area contributed by atoms with Gasteiger partial charge in [-0.05, 0) is 36.3 Å². The first-order chi connectivity index (χ1) is 24.0. The van der Waals surface area contributed by atoms with Gasteiger partial charge in [-0.25, -0.2) is 14.6 Å². The number of alkyl carbamates (subject to hydrolysis) is 1. The average molecular weight is 723 g/mol. The van der Waals surface area contributed by atoms with Gasteiger partial charge < -0.3 is 36.0 Å². The van der Waals surface area contributed by atoms with E-state index in [4.69, 9.17) is 4.74 Å². The summed E-state index contributed by atoms with van der Waals surface area (Å²) < 4.78 is 5.46. The molecule has 270 valence electrons. The maximum absolute atomic E-state index is 13.9. The van der Waals surface area contributed by atoms with E-state index in [0.717, 1.165) is 32.6 Å². The molecule has 2 aromatic carbocycles. The Labute approximate surface area is 303 Å². The third-order valence-corrected chi connectivity index (χ3v) is 10.4. The molecule has 0 saturated carbocycles. The lowest BCUT2D eigenvalue weighted by atomic mass is 9.93. The Morgan fingerprint density at radius 2 is 1.62 bits per heavy atom. The van der Waals surface area contributed by atoms with Crippen molar-refractivity contribution in [3.05, 3.63) is 99.0 Å². The van der Waals surface area contributed by atoms with Crippen LogP contribution in [0.4, 0.5) is 9.59 Å². The molecule has 0 radical (unpaired) electrons. The zero-order chi connectivity index (χ0) is 36.0. The first-order valence-electron chi connectivity index (χ1n) is 17.0. The Kier molecular flexibility index (Phi) is 15.0. The number of benzene rings is 2. The number of thiazole rings is 1. The molecule has 1 aliphatic heterocycles. The number of aliphatic hydroxyl groups is 1. The zero-order valence-corrected chi connectivity index (χ0v) is 31.1. The van der Waals surface area contributed by atoms with Crippen molar-refractivity contribution in [2.24, 2.45) is 5.92 Å². The predicted octanol–water partition coefficient (Wildman–Crippen LogP) is 5.38. The smallest absolute Gasteiger partial charge is 0.407 e. The van der Waals surface area contributed by atoms with Crippen LogP contribution in [0.15, 0.2) is 77.1 Å². The summed E-state index contributed by atoms with van der Waals surface area (Å²) in [5.74, 6) is 0.466. The molecule has 1 aromatic heterocycles. The Morgan fingerprint density at radius 1 is 0.960 bits per heavy atom. The Balaban J connectivity index is 1.46. The molecule has 0 unspecified atom stereocenters. The molecular weight excluding hydrogens is 673 g/mol. The van der Waals surface area contributed by atoms with E-state index in [1.54, 1.807) is 30.1 Å². The number of aromatic nitrogens is 1. The van der Waals surface area contributed by atoms with E-state index >= 15 is 0 Å². The first kappa shape index (κ1) is 38.7. The van der Waals surface area contributed by atoms with Gasteiger partial charge in [0.05, 0.1) is 35.3 Å². The SMILES string of the molecule is CC(C)c1nc(CN(C)C(=O)N[C@H](C(=O)N[C@@H](Cc2ccccc2)C[C@H](O)[C@H](Cc2ccccc2)NC(=O)OCC2=CNCS2)C(C)C)cs1. The molecule has 50 heavy (non-hydrogen) atoms. The normalized spacial score (nSPS) is 15.0. The molecule has 4 amide bonds. The van der Waals surface area contributed by atoms with E-state index in [-0.39, 0.29) is 30.9 Å². The van der Waals surface area contributed by atoms with Gasteiger partial charge >= 0.3 is 12.1 Å². The lowest BCUT2D eigenvalue weighted by Crippen LogP contribution is -2.55. The van der Waals surface area contributed by atoms with Gasteiger partial charge in [0.25, 0.3) is 0 Å². The van der Waals surface area contributed by atoms with Crippen LogP contribution in [0.1, 0.15) is 61.9 Å². The molecule has 4 atom stereocenters. The van der Waals surface area contributed by atoms with Gasteiger partial charge in [-0.2, -0.15) is 0 Å². The van der Waals surface area contributed by atoms with E-state index in [0.29, 0.717) is 25.3 Å². The number of hydrogen-bond acceptors (Lipinski definition) is 9. The Morgan fingerprint density at radius 3 is 2.20 bits per heavy atom. The van der Waals surface area contributed by atoms with Gasteiger partial charge in [0.15, 0.2) is 0 Å². The minimum absolute atomic E-state index is 0.130. The number of thioether (sulfide) groups is 1. The number of rotatable bonds is 17. The summed E-state index contributed by atoms with van der Waals surface area (Å²) in [7, 11) is 1.68. The molecule has 13 heteroatoms. The number of nitrogens with zero attached hydrogens (tertiary/aromatic N) is 2. The fourth-order valence-electron chi connectivity index (χ4n) is 5.49. The van der Waals surface area contributed by atoms with Gasteiger partial charge in [0.1, 0.15) is 12.6 Å². The van der Waals surface area contributed by atoms with Gasteiger partial charge in [-0.1, -0.05) is 88.4 Å². The van der Waals surface area contributed by atoms with E-state index in [2.05, 4.69) is 40.1 Å². The molecule has 1 aliphatic rings. The molecule has 0 spiro atoms. The standard InChI is InChI=1S/C37H50N6O5S2/c1-24(2)33(42-36(46)43(5)20-29-22-49-35(40-29)25(3)4)34(45)39-28(16-26-12-8-6-9-13-26)18-32(44)31(17-27-14-10-7-11-15-27)41-37(47)48-21-30-19-38-23-50-30/h6-15,19,22,24-25,28,31-33,38,44H,16-18,20-21,23H2,1-5H3,(H,39,45)(H,41,47)(H,42,46)/t28-,31-,32-,33-/m0/s1. The third-order valence-electron chi connectivity index (χ3n) is 8.25. The van der Waals surface area contributed by atoms with Crippen LogP contribution in [-0.2, 0) is 28.9 Å². The molecule has 2 heterocycles. The third kappa shape index (κ3) is 12.4. The minimum Gasteiger partial charge on any atom is -0.444 e. The van der Waals surface area contributed by atoms with Crippen LogP contribution in [0, 0.1) is 5.92 Å². The second kappa shape index (κ2) is 19.4. The quantitative estimate of drug-likeness (QED) is 0.125. The highest BCUT2D eigenvalue weighted by Crippen LogP contribution is 2.21. The van der Waals surface area contributed by atoms with Crippen molar-refractivity contribution in [3.63, 3.8) is 0 Å². The summed E-state index contributed by atoms with van der Waals surface area (Å²) >= 11 is 3.13. The number of carbonyl (C=O) groups is 3. The highest BCUT2D eigenvalue weighted by atomic mass is 32.2. The molecule has 3 aromatic rings.